The fourth-order valence-corrected chi connectivity index (χ4v) is 2.60. The number of carbonyl (C=O) groups is 1. The van der Waals surface area contributed by atoms with Crippen LogP contribution < -0.4 is 5.32 Å². The number of nitrogens with zero attached hydrogens (tertiary/aromatic N) is 4. The summed E-state index contributed by atoms with van der Waals surface area (Å²) in [4.78, 5) is 18.3. The molecule has 2 aromatic rings. The highest BCUT2D eigenvalue weighted by atomic mass is 16.2. The molecule has 0 radical (unpaired) electrons. The Morgan fingerprint density at radius 3 is 2.95 bits per heavy atom. The predicted molar refractivity (Wildman–Crippen MR) is 78.4 cm³/mol. The molecule has 3 heterocycles. The number of hydrogen-bond donors (Lipinski definition) is 1. The zero-order valence-electron chi connectivity index (χ0n) is 11.9. The van der Waals surface area contributed by atoms with Crippen LogP contribution in [0.2, 0.25) is 0 Å². The van der Waals surface area contributed by atoms with E-state index in [4.69, 9.17) is 0 Å². The van der Waals surface area contributed by atoms with Crippen molar-refractivity contribution in [3.8, 4) is 0 Å². The summed E-state index contributed by atoms with van der Waals surface area (Å²) in [6, 6.07) is 6.05. The Hall–Kier alpha value is -2.21. The summed E-state index contributed by atoms with van der Waals surface area (Å²) < 4.78 is 1.79. The Kier molecular flexibility index (Phi) is 4.25. The number of aryl methyl sites for hydroxylation is 1. The lowest BCUT2D eigenvalue weighted by molar-refractivity contribution is -0.132. The second kappa shape index (κ2) is 6.49. The summed E-state index contributed by atoms with van der Waals surface area (Å²) in [5, 5.41) is 7.57. The average molecular weight is 285 g/mol. The molecule has 0 aromatic carbocycles. The SMILES string of the molecule is O=C(CCn1cccn1)N1CCNC(c2ccncc2)C1. The van der Waals surface area contributed by atoms with Gasteiger partial charge in [0.2, 0.25) is 5.91 Å². The highest BCUT2D eigenvalue weighted by Gasteiger charge is 2.23. The van der Waals surface area contributed by atoms with Gasteiger partial charge in [-0.3, -0.25) is 14.5 Å². The van der Waals surface area contributed by atoms with E-state index in [2.05, 4.69) is 15.4 Å². The minimum absolute atomic E-state index is 0.186. The number of rotatable bonds is 4. The van der Waals surface area contributed by atoms with E-state index < -0.39 is 0 Å². The fourth-order valence-electron chi connectivity index (χ4n) is 2.60. The number of carbonyl (C=O) groups excluding carboxylic acids is 1. The molecule has 6 nitrogen and oxygen atoms in total. The first-order valence-corrected chi connectivity index (χ1v) is 7.21. The first-order chi connectivity index (χ1) is 10.3. The standard InChI is InChI=1S/C15H19N5O/c21-15(4-10-20-9-1-5-18-20)19-11-8-17-14(12-19)13-2-6-16-7-3-13/h1-3,5-7,9,14,17H,4,8,10-12H2. The van der Waals surface area contributed by atoms with Gasteiger partial charge in [0, 0.05) is 57.4 Å². The molecule has 3 rings (SSSR count). The molecule has 1 unspecified atom stereocenters. The van der Waals surface area contributed by atoms with Gasteiger partial charge in [-0.15, -0.1) is 0 Å². The van der Waals surface area contributed by atoms with E-state index in [1.54, 1.807) is 23.3 Å². The van der Waals surface area contributed by atoms with Crippen molar-refractivity contribution in [3.63, 3.8) is 0 Å². The highest BCUT2D eigenvalue weighted by Crippen LogP contribution is 2.16. The number of nitrogens with one attached hydrogen (secondary N) is 1. The maximum atomic E-state index is 12.3. The molecule has 1 amide bonds. The van der Waals surface area contributed by atoms with Gasteiger partial charge in [0.05, 0.1) is 6.04 Å². The smallest absolute Gasteiger partial charge is 0.224 e. The maximum Gasteiger partial charge on any atom is 0.224 e. The summed E-state index contributed by atoms with van der Waals surface area (Å²) in [6.45, 7) is 2.93. The molecule has 0 saturated carbocycles. The van der Waals surface area contributed by atoms with Crippen LogP contribution in [0.15, 0.2) is 43.0 Å². The lowest BCUT2D eigenvalue weighted by Crippen LogP contribution is -2.48. The van der Waals surface area contributed by atoms with Crippen LogP contribution in [0.1, 0.15) is 18.0 Å². The third kappa shape index (κ3) is 3.46. The van der Waals surface area contributed by atoms with Crippen LogP contribution >= 0.6 is 0 Å². The average Bonchev–Trinajstić information content (AvgIpc) is 3.07. The summed E-state index contributed by atoms with van der Waals surface area (Å²) >= 11 is 0. The first kappa shape index (κ1) is 13.8. The Labute approximate surface area is 123 Å². The van der Waals surface area contributed by atoms with E-state index in [1.807, 2.05) is 29.3 Å². The lowest BCUT2D eigenvalue weighted by atomic mass is 10.1. The summed E-state index contributed by atoms with van der Waals surface area (Å²) in [5.74, 6) is 0.186. The summed E-state index contributed by atoms with van der Waals surface area (Å²) in [5.41, 5.74) is 1.18. The van der Waals surface area contributed by atoms with Gasteiger partial charge in [0.25, 0.3) is 0 Å². The number of aromatic nitrogens is 3. The molecule has 1 fully saturated rings. The minimum atomic E-state index is 0.186. The van der Waals surface area contributed by atoms with Crippen molar-refractivity contribution in [2.24, 2.45) is 0 Å². The second-order valence-corrected chi connectivity index (χ2v) is 5.15. The van der Waals surface area contributed by atoms with E-state index in [0.717, 1.165) is 13.1 Å². The van der Waals surface area contributed by atoms with Crippen LogP contribution in [0.5, 0.6) is 0 Å². The van der Waals surface area contributed by atoms with Crippen molar-refractivity contribution in [1.29, 1.82) is 0 Å². The van der Waals surface area contributed by atoms with Gasteiger partial charge < -0.3 is 10.2 Å². The predicted octanol–water partition coefficient (Wildman–Crippen LogP) is 0.841. The molecule has 6 heteroatoms. The Morgan fingerprint density at radius 1 is 1.33 bits per heavy atom. The van der Waals surface area contributed by atoms with E-state index in [9.17, 15) is 4.79 Å². The number of piperazine rings is 1. The largest absolute Gasteiger partial charge is 0.339 e. The van der Waals surface area contributed by atoms with E-state index in [0.29, 0.717) is 19.5 Å². The van der Waals surface area contributed by atoms with Crippen LogP contribution in [0, 0.1) is 0 Å². The minimum Gasteiger partial charge on any atom is -0.339 e. The van der Waals surface area contributed by atoms with Crippen LogP contribution in [0.25, 0.3) is 0 Å². The van der Waals surface area contributed by atoms with Crippen molar-refractivity contribution >= 4 is 5.91 Å². The van der Waals surface area contributed by atoms with Crippen LogP contribution in [-0.2, 0) is 11.3 Å². The van der Waals surface area contributed by atoms with Crippen molar-refractivity contribution in [1.82, 2.24) is 25.0 Å². The van der Waals surface area contributed by atoms with E-state index >= 15 is 0 Å². The topological polar surface area (TPSA) is 63.1 Å². The molecular formula is C15H19N5O. The van der Waals surface area contributed by atoms with Crippen molar-refractivity contribution in [2.45, 2.75) is 19.0 Å². The molecular weight excluding hydrogens is 266 g/mol. The molecule has 0 aliphatic carbocycles. The monoisotopic (exact) mass is 285 g/mol. The van der Waals surface area contributed by atoms with Crippen molar-refractivity contribution in [3.05, 3.63) is 48.5 Å². The van der Waals surface area contributed by atoms with E-state index in [1.165, 1.54) is 5.56 Å². The molecule has 0 bridgehead atoms. The molecule has 1 atom stereocenters. The third-order valence-electron chi connectivity index (χ3n) is 3.75. The summed E-state index contributed by atoms with van der Waals surface area (Å²) in [7, 11) is 0. The highest BCUT2D eigenvalue weighted by molar-refractivity contribution is 5.76. The van der Waals surface area contributed by atoms with Gasteiger partial charge in [-0.1, -0.05) is 0 Å². The first-order valence-electron chi connectivity index (χ1n) is 7.21. The Bertz CT molecular complexity index is 569. The van der Waals surface area contributed by atoms with Gasteiger partial charge in [-0.2, -0.15) is 5.10 Å². The maximum absolute atomic E-state index is 12.3. The normalized spacial score (nSPS) is 18.7. The molecule has 0 spiro atoms. The zero-order chi connectivity index (χ0) is 14.5. The van der Waals surface area contributed by atoms with Crippen LogP contribution in [0.4, 0.5) is 0 Å². The molecule has 1 aliphatic heterocycles. The van der Waals surface area contributed by atoms with Gasteiger partial charge in [-0.25, -0.2) is 0 Å². The molecule has 1 aliphatic rings. The molecule has 1 saturated heterocycles. The quantitative estimate of drug-likeness (QED) is 0.904. The van der Waals surface area contributed by atoms with E-state index in [-0.39, 0.29) is 11.9 Å². The van der Waals surface area contributed by atoms with Crippen molar-refractivity contribution < 1.29 is 4.79 Å². The van der Waals surface area contributed by atoms with Crippen molar-refractivity contribution in [2.75, 3.05) is 19.6 Å². The fraction of sp³-hybridized carbons (Fsp3) is 0.400. The zero-order valence-corrected chi connectivity index (χ0v) is 11.9. The molecule has 1 N–H and O–H groups in total. The number of hydrogen-bond acceptors (Lipinski definition) is 4. The number of amides is 1. The number of pyridine rings is 1. The lowest BCUT2D eigenvalue weighted by Gasteiger charge is -2.34. The summed E-state index contributed by atoms with van der Waals surface area (Å²) in [6.07, 6.45) is 7.68. The molecule has 110 valence electrons. The Balaban J connectivity index is 1.56. The van der Waals surface area contributed by atoms with Gasteiger partial charge in [0.15, 0.2) is 0 Å². The third-order valence-corrected chi connectivity index (χ3v) is 3.75. The van der Waals surface area contributed by atoms with Gasteiger partial charge in [0.1, 0.15) is 0 Å². The van der Waals surface area contributed by atoms with Gasteiger partial charge >= 0.3 is 0 Å². The van der Waals surface area contributed by atoms with Gasteiger partial charge in [-0.05, 0) is 23.8 Å². The molecule has 21 heavy (non-hydrogen) atoms. The Morgan fingerprint density at radius 2 is 2.19 bits per heavy atom. The molecule has 2 aromatic heterocycles. The van der Waals surface area contributed by atoms with Crippen LogP contribution in [0.3, 0.4) is 0 Å². The van der Waals surface area contributed by atoms with Crippen LogP contribution in [-0.4, -0.2) is 45.2 Å². The second-order valence-electron chi connectivity index (χ2n) is 5.15.